The number of carbonyl (C=O) groups excluding carboxylic acids is 1. The van der Waals surface area contributed by atoms with Crippen LogP contribution in [0.25, 0.3) is 11.5 Å². The SMILES string of the molecule is O=C(CCc1nnc(-c2cccnc2)o1)NCCc1ccc(Cl)cc1. The zero-order valence-corrected chi connectivity index (χ0v) is 14.2. The Balaban J connectivity index is 1.42. The number of halogens is 1. The molecule has 128 valence electrons. The highest BCUT2D eigenvalue weighted by molar-refractivity contribution is 6.30. The zero-order valence-electron chi connectivity index (χ0n) is 13.5. The van der Waals surface area contributed by atoms with Crippen molar-refractivity contribution in [1.29, 1.82) is 0 Å². The molecular formula is C18H17ClN4O2. The smallest absolute Gasteiger partial charge is 0.249 e. The molecule has 1 N–H and O–H groups in total. The summed E-state index contributed by atoms with van der Waals surface area (Å²) in [7, 11) is 0. The first-order valence-corrected chi connectivity index (χ1v) is 8.32. The van der Waals surface area contributed by atoms with Gasteiger partial charge in [-0.3, -0.25) is 9.78 Å². The van der Waals surface area contributed by atoms with Crippen molar-refractivity contribution in [1.82, 2.24) is 20.5 Å². The minimum atomic E-state index is -0.0462. The Morgan fingerprint density at radius 1 is 1.12 bits per heavy atom. The van der Waals surface area contributed by atoms with Crippen LogP contribution in [-0.4, -0.2) is 27.6 Å². The fourth-order valence-corrected chi connectivity index (χ4v) is 2.39. The molecule has 0 fully saturated rings. The average Bonchev–Trinajstić information content (AvgIpc) is 3.11. The molecule has 6 nitrogen and oxygen atoms in total. The Labute approximate surface area is 150 Å². The number of nitrogens with zero attached hydrogens (tertiary/aromatic N) is 3. The van der Waals surface area contributed by atoms with E-state index in [0.29, 0.717) is 36.2 Å². The van der Waals surface area contributed by atoms with Crippen LogP contribution in [0.1, 0.15) is 17.9 Å². The van der Waals surface area contributed by atoms with Crippen LogP contribution in [0.15, 0.2) is 53.2 Å². The number of benzene rings is 1. The van der Waals surface area contributed by atoms with Gasteiger partial charge in [-0.1, -0.05) is 23.7 Å². The molecule has 0 aliphatic rings. The van der Waals surface area contributed by atoms with E-state index in [2.05, 4.69) is 20.5 Å². The maximum atomic E-state index is 11.9. The predicted molar refractivity (Wildman–Crippen MR) is 94.0 cm³/mol. The second-order valence-corrected chi connectivity index (χ2v) is 5.91. The highest BCUT2D eigenvalue weighted by Gasteiger charge is 2.10. The van der Waals surface area contributed by atoms with Crippen molar-refractivity contribution in [3.63, 3.8) is 0 Å². The Morgan fingerprint density at radius 2 is 1.96 bits per heavy atom. The summed E-state index contributed by atoms with van der Waals surface area (Å²) in [6.45, 7) is 0.575. The van der Waals surface area contributed by atoms with Crippen molar-refractivity contribution in [3.05, 3.63) is 65.3 Å². The molecule has 1 aromatic carbocycles. The molecule has 7 heteroatoms. The third-order valence-electron chi connectivity index (χ3n) is 3.59. The van der Waals surface area contributed by atoms with Gasteiger partial charge in [-0.25, -0.2) is 0 Å². The lowest BCUT2D eigenvalue weighted by atomic mass is 10.1. The summed E-state index contributed by atoms with van der Waals surface area (Å²) < 4.78 is 5.55. The number of hydrogen-bond acceptors (Lipinski definition) is 5. The number of pyridine rings is 1. The molecule has 2 heterocycles. The molecule has 0 aliphatic carbocycles. The monoisotopic (exact) mass is 356 g/mol. The molecule has 0 unspecified atom stereocenters. The van der Waals surface area contributed by atoms with Gasteiger partial charge >= 0.3 is 0 Å². The van der Waals surface area contributed by atoms with Crippen molar-refractivity contribution in [2.24, 2.45) is 0 Å². The molecular weight excluding hydrogens is 340 g/mol. The third-order valence-corrected chi connectivity index (χ3v) is 3.84. The lowest BCUT2D eigenvalue weighted by molar-refractivity contribution is -0.121. The molecule has 0 saturated carbocycles. The maximum Gasteiger partial charge on any atom is 0.249 e. The van der Waals surface area contributed by atoms with Crippen molar-refractivity contribution in [3.8, 4) is 11.5 Å². The van der Waals surface area contributed by atoms with Gasteiger partial charge in [0.1, 0.15) is 0 Å². The van der Waals surface area contributed by atoms with Gasteiger partial charge in [-0.05, 0) is 36.2 Å². The van der Waals surface area contributed by atoms with Crippen molar-refractivity contribution in [2.75, 3.05) is 6.54 Å². The topological polar surface area (TPSA) is 80.9 Å². The molecule has 0 radical (unpaired) electrons. The van der Waals surface area contributed by atoms with Crippen LogP contribution in [0.2, 0.25) is 5.02 Å². The van der Waals surface area contributed by atoms with Crippen molar-refractivity contribution in [2.45, 2.75) is 19.3 Å². The quantitative estimate of drug-likeness (QED) is 0.703. The molecule has 0 bridgehead atoms. The van der Waals surface area contributed by atoms with Crippen molar-refractivity contribution < 1.29 is 9.21 Å². The molecule has 0 atom stereocenters. The van der Waals surface area contributed by atoms with Crippen molar-refractivity contribution >= 4 is 17.5 Å². The predicted octanol–water partition coefficient (Wildman–Crippen LogP) is 3.08. The minimum absolute atomic E-state index is 0.0462. The van der Waals surface area contributed by atoms with E-state index >= 15 is 0 Å². The van der Waals surface area contributed by atoms with Gasteiger partial charge in [-0.2, -0.15) is 0 Å². The summed E-state index contributed by atoms with van der Waals surface area (Å²) in [4.78, 5) is 15.9. The number of hydrogen-bond donors (Lipinski definition) is 1. The van der Waals surface area contributed by atoms with E-state index in [-0.39, 0.29) is 5.91 Å². The number of carbonyl (C=O) groups is 1. The largest absolute Gasteiger partial charge is 0.421 e. The van der Waals surface area contributed by atoms with E-state index < -0.39 is 0 Å². The summed E-state index contributed by atoms with van der Waals surface area (Å²) in [5.41, 5.74) is 1.89. The second kappa shape index (κ2) is 8.39. The Morgan fingerprint density at radius 3 is 2.72 bits per heavy atom. The third kappa shape index (κ3) is 5.12. The van der Waals surface area contributed by atoms with E-state index in [4.69, 9.17) is 16.0 Å². The molecule has 3 rings (SSSR count). The number of amides is 1. The Bertz CT molecular complexity index is 819. The average molecular weight is 357 g/mol. The van der Waals surface area contributed by atoms with E-state index in [1.807, 2.05) is 30.3 Å². The Hall–Kier alpha value is -2.73. The van der Waals surface area contributed by atoms with E-state index in [0.717, 1.165) is 17.5 Å². The highest BCUT2D eigenvalue weighted by atomic mass is 35.5. The van der Waals surface area contributed by atoms with Gasteiger partial charge in [0, 0.05) is 36.8 Å². The summed E-state index contributed by atoms with van der Waals surface area (Å²) in [6.07, 6.45) is 4.79. The van der Waals surface area contributed by atoms with Crippen LogP contribution >= 0.6 is 11.6 Å². The summed E-state index contributed by atoms with van der Waals surface area (Å²) in [6, 6.07) is 11.2. The van der Waals surface area contributed by atoms with Crippen LogP contribution in [0.3, 0.4) is 0 Å². The molecule has 0 spiro atoms. The number of rotatable bonds is 7. The number of aryl methyl sites for hydroxylation is 1. The van der Waals surface area contributed by atoms with Gasteiger partial charge < -0.3 is 9.73 Å². The fourth-order valence-electron chi connectivity index (χ4n) is 2.27. The number of aromatic nitrogens is 3. The van der Waals surface area contributed by atoms with Crippen LogP contribution in [0, 0.1) is 0 Å². The Kier molecular flexibility index (Phi) is 5.74. The summed E-state index contributed by atoms with van der Waals surface area (Å²) in [5, 5.41) is 11.5. The van der Waals surface area contributed by atoms with Crippen LogP contribution in [0.4, 0.5) is 0 Å². The first-order chi connectivity index (χ1) is 12.2. The fraction of sp³-hybridized carbons (Fsp3) is 0.222. The van der Waals surface area contributed by atoms with E-state index in [9.17, 15) is 4.79 Å². The molecule has 0 saturated heterocycles. The van der Waals surface area contributed by atoms with Crippen LogP contribution in [0.5, 0.6) is 0 Å². The molecule has 1 amide bonds. The first kappa shape index (κ1) is 17.1. The van der Waals surface area contributed by atoms with Crippen LogP contribution in [-0.2, 0) is 17.6 Å². The summed E-state index contributed by atoms with van der Waals surface area (Å²) >= 11 is 5.84. The van der Waals surface area contributed by atoms with Gasteiger partial charge in [0.15, 0.2) is 0 Å². The van der Waals surface area contributed by atoms with Gasteiger partial charge in [0.05, 0.1) is 5.56 Å². The second-order valence-electron chi connectivity index (χ2n) is 5.47. The maximum absolute atomic E-state index is 11.9. The lowest BCUT2D eigenvalue weighted by Gasteiger charge is -2.04. The lowest BCUT2D eigenvalue weighted by Crippen LogP contribution is -2.25. The molecule has 0 aliphatic heterocycles. The number of nitrogens with one attached hydrogen (secondary N) is 1. The highest BCUT2D eigenvalue weighted by Crippen LogP contribution is 2.16. The van der Waals surface area contributed by atoms with Gasteiger partial charge in [0.25, 0.3) is 0 Å². The van der Waals surface area contributed by atoms with Crippen LogP contribution < -0.4 is 5.32 Å². The van der Waals surface area contributed by atoms with Gasteiger partial charge in [-0.15, -0.1) is 10.2 Å². The standard InChI is InChI=1S/C18H17ClN4O2/c19-15-5-3-13(4-6-15)9-11-21-16(24)7-8-17-22-23-18(25-17)14-2-1-10-20-12-14/h1-6,10,12H,7-9,11H2,(H,21,24). The molecule has 2 aromatic heterocycles. The molecule has 3 aromatic rings. The first-order valence-electron chi connectivity index (χ1n) is 7.94. The summed E-state index contributed by atoms with van der Waals surface area (Å²) in [5.74, 6) is 0.799. The van der Waals surface area contributed by atoms with Gasteiger partial charge in [0.2, 0.25) is 17.7 Å². The van der Waals surface area contributed by atoms with E-state index in [1.54, 1.807) is 18.5 Å². The normalized spacial score (nSPS) is 10.6. The molecule has 25 heavy (non-hydrogen) atoms. The minimum Gasteiger partial charge on any atom is -0.421 e. The van der Waals surface area contributed by atoms with E-state index in [1.165, 1.54) is 0 Å². The zero-order chi connectivity index (χ0) is 17.5.